The number of nitrogens with zero attached hydrogens (tertiary/aromatic N) is 3. The van der Waals surface area contributed by atoms with E-state index >= 15 is 0 Å². The Labute approximate surface area is 138 Å². The second-order valence-corrected chi connectivity index (χ2v) is 7.39. The Balaban J connectivity index is 1.95. The van der Waals surface area contributed by atoms with Crippen LogP contribution in [0.2, 0.25) is 0 Å². The lowest BCUT2D eigenvalue weighted by Gasteiger charge is -2.23. The molecule has 0 atom stereocenters. The van der Waals surface area contributed by atoms with Gasteiger partial charge in [0.2, 0.25) is 0 Å². The Kier molecular flexibility index (Phi) is 5.54. The number of rotatable bonds is 4. The lowest BCUT2D eigenvalue weighted by atomic mass is 9.93. The first-order valence-corrected chi connectivity index (χ1v) is 8.64. The third-order valence-electron chi connectivity index (χ3n) is 3.74. The van der Waals surface area contributed by atoms with Gasteiger partial charge in [0.05, 0.1) is 5.01 Å². The van der Waals surface area contributed by atoms with Gasteiger partial charge in [-0.25, -0.2) is 4.98 Å². The minimum atomic E-state index is -4.37. The molecule has 0 radical (unpaired) electrons. The zero-order valence-electron chi connectivity index (χ0n) is 13.7. The van der Waals surface area contributed by atoms with Crippen LogP contribution in [0.25, 0.3) is 0 Å². The number of likely N-dealkylation sites (tertiary alicyclic amines) is 1. The van der Waals surface area contributed by atoms with Crippen LogP contribution in [0.3, 0.4) is 0 Å². The van der Waals surface area contributed by atoms with Crippen molar-refractivity contribution in [3.63, 3.8) is 0 Å². The predicted octanol–water partition coefficient (Wildman–Crippen LogP) is 3.40. The average molecular weight is 348 g/mol. The molecular weight excluding hydrogens is 325 g/mol. The van der Waals surface area contributed by atoms with E-state index in [1.807, 2.05) is 6.92 Å². The standard InChI is InChI=1S/C15H23F3N4S/c1-4-19-13(22-8-6-14(2,3)10-22)20-7-5-12-21-11(9-23-12)15(16,17)18/h9H,4-8,10H2,1-3H3,(H,19,20). The monoisotopic (exact) mass is 348 g/mol. The molecule has 1 N–H and O–H groups in total. The van der Waals surface area contributed by atoms with Crippen molar-refractivity contribution in [1.82, 2.24) is 15.2 Å². The van der Waals surface area contributed by atoms with Crippen LogP contribution >= 0.6 is 11.3 Å². The highest BCUT2D eigenvalue weighted by Gasteiger charge is 2.33. The zero-order chi connectivity index (χ0) is 17.1. The molecule has 2 heterocycles. The molecule has 1 fully saturated rings. The van der Waals surface area contributed by atoms with Crippen molar-refractivity contribution < 1.29 is 13.2 Å². The number of aliphatic imine (C=N–C) groups is 1. The van der Waals surface area contributed by atoms with Crippen molar-refractivity contribution in [3.8, 4) is 0 Å². The number of thiazole rings is 1. The largest absolute Gasteiger partial charge is 0.434 e. The van der Waals surface area contributed by atoms with Gasteiger partial charge in [-0.15, -0.1) is 11.3 Å². The predicted molar refractivity (Wildman–Crippen MR) is 86.8 cm³/mol. The fourth-order valence-corrected chi connectivity index (χ4v) is 3.33. The smallest absolute Gasteiger partial charge is 0.357 e. The van der Waals surface area contributed by atoms with Gasteiger partial charge in [0.15, 0.2) is 11.7 Å². The van der Waals surface area contributed by atoms with E-state index in [9.17, 15) is 13.2 Å². The van der Waals surface area contributed by atoms with Crippen LogP contribution in [0.4, 0.5) is 13.2 Å². The van der Waals surface area contributed by atoms with Crippen LogP contribution < -0.4 is 5.32 Å². The molecule has 0 aromatic carbocycles. The first-order chi connectivity index (χ1) is 10.7. The van der Waals surface area contributed by atoms with Gasteiger partial charge in [0.25, 0.3) is 0 Å². The van der Waals surface area contributed by atoms with E-state index < -0.39 is 11.9 Å². The van der Waals surface area contributed by atoms with Crippen LogP contribution in [0.15, 0.2) is 10.4 Å². The van der Waals surface area contributed by atoms with E-state index in [0.717, 1.165) is 48.7 Å². The summed E-state index contributed by atoms with van der Waals surface area (Å²) in [5.41, 5.74) is -0.540. The molecule has 8 heteroatoms. The van der Waals surface area contributed by atoms with Gasteiger partial charge in [0, 0.05) is 38.0 Å². The summed E-state index contributed by atoms with van der Waals surface area (Å²) in [6, 6.07) is 0. The van der Waals surface area contributed by atoms with Gasteiger partial charge >= 0.3 is 6.18 Å². The molecule has 1 aliphatic rings. The van der Waals surface area contributed by atoms with Crippen molar-refractivity contribution in [2.45, 2.75) is 39.8 Å². The molecule has 0 spiro atoms. The molecule has 1 aromatic heterocycles. The highest BCUT2D eigenvalue weighted by molar-refractivity contribution is 7.09. The first kappa shape index (κ1) is 18.0. The van der Waals surface area contributed by atoms with Crippen LogP contribution in [-0.4, -0.2) is 42.0 Å². The number of guanidine groups is 1. The average Bonchev–Trinajstić information content (AvgIpc) is 3.04. The van der Waals surface area contributed by atoms with E-state index in [-0.39, 0.29) is 5.41 Å². The SMILES string of the molecule is CCNC(=NCCc1nc(C(F)(F)F)cs1)N1CCC(C)(C)C1. The van der Waals surface area contributed by atoms with Crippen LogP contribution in [0, 0.1) is 5.41 Å². The molecule has 0 amide bonds. The highest BCUT2D eigenvalue weighted by Crippen LogP contribution is 2.30. The minimum Gasteiger partial charge on any atom is -0.357 e. The number of hydrogen-bond acceptors (Lipinski definition) is 3. The molecule has 1 saturated heterocycles. The van der Waals surface area contributed by atoms with Crippen LogP contribution in [-0.2, 0) is 12.6 Å². The third-order valence-corrected chi connectivity index (χ3v) is 4.65. The summed E-state index contributed by atoms with van der Waals surface area (Å²) in [5.74, 6) is 0.839. The van der Waals surface area contributed by atoms with Crippen LogP contribution in [0.1, 0.15) is 37.9 Å². The normalized spacial score (nSPS) is 18.5. The Bertz CT molecular complexity index is 551. The number of halogens is 3. The molecule has 1 aliphatic heterocycles. The van der Waals surface area contributed by atoms with Gasteiger partial charge in [-0.2, -0.15) is 13.2 Å². The van der Waals surface area contributed by atoms with Crippen molar-refractivity contribution >= 4 is 17.3 Å². The maximum absolute atomic E-state index is 12.5. The fraction of sp³-hybridized carbons (Fsp3) is 0.733. The van der Waals surface area contributed by atoms with Crippen molar-refractivity contribution in [2.24, 2.45) is 10.4 Å². The summed E-state index contributed by atoms with van der Waals surface area (Å²) in [4.78, 5) is 10.4. The van der Waals surface area contributed by atoms with Gasteiger partial charge in [-0.3, -0.25) is 4.99 Å². The lowest BCUT2D eigenvalue weighted by Crippen LogP contribution is -2.40. The van der Waals surface area contributed by atoms with E-state index in [4.69, 9.17) is 0 Å². The van der Waals surface area contributed by atoms with Gasteiger partial charge in [-0.05, 0) is 18.8 Å². The number of nitrogens with one attached hydrogen (secondary N) is 1. The molecule has 1 aromatic rings. The molecule has 4 nitrogen and oxygen atoms in total. The van der Waals surface area contributed by atoms with Gasteiger partial charge in [-0.1, -0.05) is 13.8 Å². The number of alkyl halides is 3. The third kappa shape index (κ3) is 5.09. The van der Waals surface area contributed by atoms with Crippen LogP contribution in [0.5, 0.6) is 0 Å². The molecule has 0 unspecified atom stereocenters. The number of hydrogen-bond donors (Lipinski definition) is 1. The lowest BCUT2D eigenvalue weighted by molar-refractivity contribution is -0.140. The summed E-state index contributed by atoms with van der Waals surface area (Å²) >= 11 is 1.04. The Morgan fingerprint density at radius 2 is 2.22 bits per heavy atom. The summed E-state index contributed by atoms with van der Waals surface area (Å²) in [6.45, 7) is 9.56. The summed E-state index contributed by atoms with van der Waals surface area (Å²) in [5, 5.41) is 4.79. The molecule has 0 aliphatic carbocycles. The Morgan fingerprint density at radius 1 is 1.48 bits per heavy atom. The molecule has 0 saturated carbocycles. The summed E-state index contributed by atoms with van der Waals surface area (Å²) < 4.78 is 37.6. The molecule has 130 valence electrons. The Hall–Kier alpha value is -1.31. The molecular formula is C15H23F3N4S. The summed E-state index contributed by atoms with van der Waals surface area (Å²) in [6.07, 6.45) is -2.83. The first-order valence-electron chi connectivity index (χ1n) is 7.76. The maximum atomic E-state index is 12.5. The Morgan fingerprint density at radius 3 is 2.74 bits per heavy atom. The van der Waals surface area contributed by atoms with E-state index in [1.165, 1.54) is 0 Å². The van der Waals surface area contributed by atoms with Crippen molar-refractivity contribution in [1.29, 1.82) is 0 Å². The van der Waals surface area contributed by atoms with E-state index in [2.05, 4.69) is 34.0 Å². The second-order valence-electron chi connectivity index (χ2n) is 6.45. The molecule has 2 rings (SSSR count). The van der Waals surface area contributed by atoms with Crippen molar-refractivity contribution in [3.05, 3.63) is 16.1 Å². The second kappa shape index (κ2) is 7.07. The van der Waals surface area contributed by atoms with Crippen molar-refractivity contribution in [2.75, 3.05) is 26.2 Å². The highest BCUT2D eigenvalue weighted by atomic mass is 32.1. The van der Waals surface area contributed by atoms with E-state index in [1.54, 1.807) is 0 Å². The molecule has 23 heavy (non-hydrogen) atoms. The maximum Gasteiger partial charge on any atom is 0.434 e. The minimum absolute atomic E-state index is 0.271. The zero-order valence-corrected chi connectivity index (χ0v) is 14.5. The summed E-state index contributed by atoms with van der Waals surface area (Å²) in [7, 11) is 0. The van der Waals surface area contributed by atoms with Gasteiger partial charge in [0.1, 0.15) is 0 Å². The van der Waals surface area contributed by atoms with E-state index in [0.29, 0.717) is 18.0 Å². The quantitative estimate of drug-likeness (QED) is 0.670. The molecule has 0 bridgehead atoms. The van der Waals surface area contributed by atoms with Gasteiger partial charge < -0.3 is 10.2 Å². The number of aromatic nitrogens is 1. The fourth-order valence-electron chi connectivity index (χ4n) is 2.53. The topological polar surface area (TPSA) is 40.5 Å².